The molecule has 1 aliphatic rings. The van der Waals surface area contributed by atoms with E-state index in [2.05, 4.69) is 4.57 Å². The highest BCUT2D eigenvalue weighted by Gasteiger charge is 2.30. The second-order valence-electron chi connectivity index (χ2n) is 10.3. The molecule has 0 N–H and O–H groups in total. The van der Waals surface area contributed by atoms with Crippen LogP contribution in [0.15, 0.2) is 66.9 Å². The minimum atomic E-state index is -0.255. The zero-order valence-corrected chi connectivity index (χ0v) is 23.0. The Hall–Kier alpha value is -3.12. The summed E-state index contributed by atoms with van der Waals surface area (Å²) in [6.07, 6.45) is 8.08. The molecule has 3 aromatic rings. The summed E-state index contributed by atoms with van der Waals surface area (Å²) in [7, 11) is 0. The first-order chi connectivity index (χ1) is 18.4. The van der Waals surface area contributed by atoms with Crippen LogP contribution in [0.1, 0.15) is 74.0 Å². The molecule has 202 valence electrons. The van der Waals surface area contributed by atoms with Crippen molar-refractivity contribution in [3.8, 4) is 0 Å². The molecule has 38 heavy (non-hydrogen) atoms. The topological polar surface area (TPSA) is 45.6 Å². The fourth-order valence-corrected chi connectivity index (χ4v) is 5.29. The van der Waals surface area contributed by atoms with Crippen LogP contribution >= 0.6 is 11.6 Å². The predicted molar refractivity (Wildman–Crippen MR) is 150 cm³/mol. The summed E-state index contributed by atoms with van der Waals surface area (Å²) < 4.78 is 15.5. The average Bonchev–Trinajstić information content (AvgIpc) is 3.38. The average molecular weight is 538 g/mol. The van der Waals surface area contributed by atoms with Gasteiger partial charge < -0.3 is 14.4 Å². The maximum absolute atomic E-state index is 14.0. The summed E-state index contributed by atoms with van der Waals surface area (Å²) in [5.41, 5.74) is 2.54. The zero-order chi connectivity index (χ0) is 27.1. The van der Waals surface area contributed by atoms with Gasteiger partial charge in [0, 0.05) is 41.1 Å². The normalized spacial score (nSPS) is 14.7. The molecule has 4 rings (SSSR count). The first-order valence-corrected chi connectivity index (χ1v) is 14.0. The maximum atomic E-state index is 14.0. The Morgan fingerprint density at radius 1 is 1.03 bits per heavy atom. The molecule has 0 aliphatic heterocycles. The Balaban J connectivity index is 1.56. The van der Waals surface area contributed by atoms with Crippen molar-refractivity contribution in [3.05, 3.63) is 94.5 Å². The lowest BCUT2D eigenvalue weighted by atomic mass is 9.94. The van der Waals surface area contributed by atoms with Crippen molar-refractivity contribution >= 4 is 23.4 Å². The Kier molecular flexibility index (Phi) is 9.62. The SMILES string of the molecule is CCC(C)N(CC(=O)N(Cc1cccn1Cc1ccc(F)cc1)C1CCCCC1)C(=O)c1ccc(Cl)cc1. The molecule has 2 amide bonds. The lowest BCUT2D eigenvalue weighted by Crippen LogP contribution is -2.49. The van der Waals surface area contributed by atoms with E-state index in [9.17, 15) is 14.0 Å². The van der Waals surface area contributed by atoms with Gasteiger partial charge in [0.15, 0.2) is 0 Å². The molecular weight excluding hydrogens is 501 g/mol. The van der Waals surface area contributed by atoms with Gasteiger partial charge in [-0.1, -0.05) is 49.9 Å². The van der Waals surface area contributed by atoms with Gasteiger partial charge >= 0.3 is 0 Å². The third-order valence-corrected chi connectivity index (χ3v) is 7.89. The smallest absolute Gasteiger partial charge is 0.254 e. The lowest BCUT2D eigenvalue weighted by Gasteiger charge is -2.37. The number of halogens is 2. The number of aromatic nitrogens is 1. The zero-order valence-electron chi connectivity index (χ0n) is 22.3. The van der Waals surface area contributed by atoms with Gasteiger partial charge in [-0.3, -0.25) is 9.59 Å². The Morgan fingerprint density at radius 2 is 1.71 bits per heavy atom. The first-order valence-electron chi connectivity index (χ1n) is 13.6. The minimum absolute atomic E-state index is 0.0333. The van der Waals surface area contributed by atoms with E-state index in [1.54, 1.807) is 41.3 Å². The van der Waals surface area contributed by atoms with E-state index >= 15 is 0 Å². The number of hydrogen-bond donors (Lipinski definition) is 0. The molecule has 1 heterocycles. The van der Waals surface area contributed by atoms with E-state index in [-0.39, 0.29) is 36.3 Å². The highest BCUT2D eigenvalue weighted by atomic mass is 35.5. The molecule has 0 saturated heterocycles. The van der Waals surface area contributed by atoms with Gasteiger partial charge in [0.25, 0.3) is 5.91 Å². The van der Waals surface area contributed by atoms with Crippen LogP contribution in [0, 0.1) is 5.82 Å². The van der Waals surface area contributed by atoms with Crippen molar-refractivity contribution in [2.75, 3.05) is 6.54 Å². The monoisotopic (exact) mass is 537 g/mol. The van der Waals surface area contributed by atoms with Crippen molar-refractivity contribution in [3.63, 3.8) is 0 Å². The minimum Gasteiger partial charge on any atom is -0.345 e. The number of benzene rings is 2. The summed E-state index contributed by atoms with van der Waals surface area (Å²) in [6.45, 7) is 5.12. The molecule has 1 aromatic heterocycles. The highest BCUT2D eigenvalue weighted by Crippen LogP contribution is 2.26. The van der Waals surface area contributed by atoms with E-state index in [1.807, 2.05) is 37.1 Å². The molecule has 0 bridgehead atoms. The third-order valence-electron chi connectivity index (χ3n) is 7.64. The van der Waals surface area contributed by atoms with E-state index < -0.39 is 0 Å². The Morgan fingerprint density at radius 3 is 2.37 bits per heavy atom. The van der Waals surface area contributed by atoms with Crippen LogP contribution in [-0.2, 0) is 17.9 Å². The molecule has 1 saturated carbocycles. The van der Waals surface area contributed by atoms with E-state index in [1.165, 1.54) is 18.6 Å². The van der Waals surface area contributed by atoms with E-state index in [0.717, 1.165) is 43.4 Å². The third kappa shape index (κ3) is 7.04. The summed E-state index contributed by atoms with van der Waals surface area (Å²) in [4.78, 5) is 31.1. The number of carbonyl (C=O) groups excluding carboxylic acids is 2. The van der Waals surface area contributed by atoms with Crippen LogP contribution in [-0.4, -0.2) is 44.8 Å². The van der Waals surface area contributed by atoms with Gasteiger partial charge in [-0.25, -0.2) is 4.39 Å². The molecular formula is C31H37ClFN3O2. The van der Waals surface area contributed by atoms with Crippen LogP contribution in [0.2, 0.25) is 5.02 Å². The van der Waals surface area contributed by atoms with E-state index in [0.29, 0.717) is 23.7 Å². The maximum Gasteiger partial charge on any atom is 0.254 e. The van der Waals surface area contributed by atoms with Gasteiger partial charge in [0.05, 0.1) is 6.54 Å². The largest absolute Gasteiger partial charge is 0.345 e. The second kappa shape index (κ2) is 13.1. The predicted octanol–water partition coefficient (Wildman–Crippen LogP) is 6.93. The molecule has 0 spiro atoms. The van der Waals surface area contributed by atoms with Crippen molar-refractivity contribution in [1.82, 2.24) is 14.4 Å². The van der Waals surface area contributed by atoms with Crippen molar-refractivity contribution in [2.45, 2.75) is 77.5 Å². The molecule has 7 heteroatoms. The molecule has 1 fully saturated rings. The van der Waals surface area contributed by atoms with Crippen LogP contribution in [0.5, 0.6) is 0 Å². The Bertz CT molecular complexity index is 1200. The molecule has 2 aromatic carbocycles. The summed E-state index contributed by atoms with van der Waals surface area (Å²) in [5, 5.41) is 0.569. The standard InChI is InChI=1S/C31H37ClFN3O2/c1-3-23(2)35(31(38)25-13-15-26(32)16-14-25)22-30(37)36(28-8-5-4-6-9-28)21-29-10-7-19-34(29)20-24-11-17-27(33)18-12-24/h7,10-19,23,28H,3-6,8-9,20-22H2,1-2H3. The Labute approximate surface area is 230 Å². The van der Waals surface area contributed by atoms with Crippen LogP contribution in [0.4, 0.5) is 4.39 Å². The van der Waals surface area contributed by atoms with Gasteiger partial charge in [-0.2, -0.15) is 0 Å². The molecule has 1 aliphatic carbocycles. The quantitative estimate of drug-likeness (QED) is 0.281. The van der Waals surface area contributed by atoms with Crippen molar-refractivity contribution in [2.24, 2.45) is 0 Å². The number of hydrogen-bond acceptors (Lipinski definition) is 2. The fourth-order valence-electron chi connectivity index (χ4n) is 5.16. The lowest BCUT2D eigenvalue weighted by molar-refractivity contribution is -0.136. The summed E-state index contributed by atoms with van der Waals surface area (Å²) in [6, 6.07) is 17.4. The van der Waals surface area contributed by atoms with Crippen molar-refractivity contribution in [1.29, 1.82) is 0 Å². The number of carbonyl (C=O) groups is 2. The summed E-state index contributed by atoms with van der Waals surface area (Å²) in [5.74, 6) is -0.448. The van der Waals surface area contributed by atoms with Crippen LogP contribution in [0.25, 0.3) is 0 Å². The number of rotatable bonds is 10. The summed E-state index contributed by atoms with van der Waals surface area (Å²) >= 11 is 6.03. The van der Waals surface area contributed by atoms with E-state index in [4.69, 9.17) is 11.6 Å². The van der Waals surface area contributed by atoms with Gasteiger partial charge in [0.2, 0.25) is 5.91 Å². The van der Waals surface area contributed by atoms with Crippen molar-refractivity contribution < 1.29 is 14.0 Å². The molecule has 1 unspecified atom stereocenters. The van der Waals surface area contributed by atoms with Gasteiger partial charge in [-0.15, -0.1) is 0 Å². The fraction of sp³-hybridized carbons (Fsp3) is 0.419. The highest BCUT2D eigenvalue weighted by molar-refractivity contribution is 6.30. The van der Waals surface area contributed by atoms with Crippen LogP contribution in [0.3, 0.4) is 0 Å². The first kappa shape index (κ1) is 27.9. The second-order valence-corrected chi connectivity index (χ2v) is 10.7. The number of nitrogens with zero attached hydrogens (tertiary/aromatic N) is 3. The molecule has 1 atom stereocenters. The number of amides is 2. The molecule has 5 nitrogen and oxygen atoms in total. The molecule has 0 radical (unpaired) electrons. The van der Waals surface area contributed by atoms with Gasteiger partial charge in [-0.05, 0) is 80.3 Å². The van der Waals surface area contributed by atoms with Crippen LogP contribution < -0.4 is 0 Å². The van der Waals surface area contributed by atoms with Gasteiger partial charge in [0.1, 0.15) is 12.4 Å².